The summed E-state index contributed by atoms with van der Waals surface area (Å²) >= 11 is 0. The Balaban J connectivity index is -0.000000125. The van der Waals surface area contributed by atoms with E-state index in [-0.39, 0.29) is 0 Å². The predicted octanol–water partition coefficient (Wildman–Crippen LogP) is 23.6. The first kappa shape index (κ1) is 121. The van der Waals surface area contributed by atoms with Gasteiger partial charge in [0.05, 0.1) is 42.7 Å². The molecule has 25 nitrogen and oxygen atoms in total. The van der Waals surface area contributed by atoms with Gasteiger partial charge in [-0.05, 0) is 82.7 Å². The molecule has 0 spiro atoms. The summed E-state index contributed by atoms with van der Waals surface area (Å²) in [5.74, 6) is 0. The van der Waals surface area contributed by atoms with E-state index in [0.29, 0.717) is 0 Å². The van der Waals surface area contributed by atoms with Crippen LogP contribution >= 0.6 is 0 Å². The molecule has 113 heavy (non-hydrogen) atoms. The summed E-state index contributed by atoms with van der Waals surface area (Å²) in [5, 5.41) is 36.0. The number of hydrogen-bond donors (Lipinski definition) is 0. The smallest absolute Gasteiger partial charge is 0.138 e. The number of aromatic nitrogens is 20. The third kappa shape index (κ3) is 97.3. The average Bonchev–Trinajstić information content (AvgIpc) is 0.899. The third-order valence-electron chi connectivity index (χ3n) is 9.11. The van der Waals surface area contributed by atoms with Crippen molar-refractivity contribution in [3.8, 4) is 0 Å². The van der Waals surface area contributed by atoms with Gasteiger partial charge in [0, 0.05) is 135 Å². The van der Waals surface area contributed by atoms with E-state index in [2.05, 4.69) is 150 Å². The molecular formula is C88H137N25. The Morgan fingerprint density at radius 1 is 0.239 bits per heavy atom. The molecular weight excluding hydrogens is 1410 g/mol. The van der Waals surface area contributed by atoms with Gasteiger partial charge in [0.1, 0.15) is 44.3 Å². The lowest BCUT2D eigenvalue weighted by molar-refractivity contribution is 0.865. The fourth-order valence-corrected chi connectivity index (χ4v) is 5.43. The Bertz CT molecular complexity index is 2820. The molecule has 25 heteroatoms. The number of nitrogens with zero attached hydrogens (tertiary/aromatic N) is 25. The van der Waals surface area contributed by atoms with Crippen molar-refractivity contribution in [2.75, 3.05) is 13.1 Å². The summed E-state index contributed by atoms with van der Waals surface area (Å²) in [4.78, 5) is 60.2. The zero-order valence-corrected chi connectivity index (χ0v) is 72.9. The molecule has 13 heterocycles. The molecule has 3 aromatic carbocycles. The molecule has 0 saturated carbocycles. The van der Waals surface area contributed by atoms with Crippen molar-refractivity contribution >= 4 is 51.3 Å². The summed E-state index contributed by atoms with van der Waals surface area (Å²) in [6, 6.07) is 43.1. The van der Waals surface area contributed by atoms with E-state index < -0.39 is 0 Å². The van der Waals surface area contributed by atoms with Crippen LogP contribution in [-0.2, 0) is 0 Å². The fourth-order valence-electron chi connectivity index (χ4n) is 5.43. The number of hydrogen-bond acceptors (Lipinski definition) is 25. The van der Waals surface area contributed by atoms with Crippen molar-refractivity contribution in [1.82, 2.24) is 101 Å². The first-order valence-corrected chi connectivity index (χ1v) is 39.0. The van der Waals surface area contributed by atoms with Crippen LogP contribution in [0.2, 0.25) is 0 Å². The van der Waals surface area contributed by atoms with Crippen LogP contribution < -0.4 is 0 Å². The Hall–Kier alpha value is -12.7. The zero-order valence-electron chi connectivity index (χ0n) is 72.9. The number of azo groups is 1. The van der Waals surface area contributed by atoms with Crippen molar-refractivity contribution in [2.24, 2.45) is 25.2 Å². The highest BCUT2D eigenvalue weighted by atomic mass is 15.3. The van der Waals surface area contributed by atoms with Gasteiger partial charge in [-0.1, -0.05) is 259 Å². The number of para-hydroxylation sites is 2. The Kier molecular flexibility index (Phi) is 138. The van der Waals surface area contributed by atoms with Crippen LogP contribution in [0.15, 0.2) is 333 Å². The highest BCUT2D eigenvalue weighted by Crippen LogP contribution is 2.10. The topological polar surface area (TPSA) is 320 Å². The molecule has 10 aromatic heterocycles. The van der Waals surface area contributed by atoms with Crippen molar-refractivity contribution < 1.29 is 0 Å². The van der Waals surface area contributed by atoms with E-state index in [4.69, 9.17) is 0 Å². The predicted molar refractivity (Wildman–Crippen MR) is 483 cm³/mol. The first-order chi connectivity index (χ1) is 56.4. The molecule has 0 radical (unpaired) electrons. The minimum absolute atomic E-state index is 0.778. The van der Waals surface area contributed by atoms with E-state index in [1.165, 1.54) is 54.0 Å². The van der Waals surface area contributed by atoms with Crippen LogP contribution in [0.5, 0.6) is 0 Å². The van der Waals surface area contributed by atoms with E-state index in [1.807, 2.05) is 320 Å². The lowest BCUT2D eigenvalue weighted by Gasteiger charge is -1.91. The number of fused-ring (bicyclic) bond motifs is 3. The molecule has 0 aliphatic carbocycles. The number of rotatable bonds is 0. The average molecular weight is 1550 g/mol. The molecule has 16 rings (SSSR count). The lowest BCUT2D eigenvalue weighted by atomic mass is 10.2. The van der Waals surface area contributed by atoms with Crippen molar-refractivity contribution in [3.63, 3.8) is 0 Å². The first-order valence-electron chi connectivity index (χ1n) is 39.0. The largest absolute Gasteiger partial charge is 0.269 e. The molecule has 0 bridgehead atoms. The lowest BCUT2D eigenvalue weighted by Crippen LogP contribution is -1.78. The van der Waals surface area contributed by atoms with Crippen molar-refractivity contribution in [1.29, 1.82) is 0 Å². The van der Waals surface area contributed by atoms with Crippen LogP contribution in [0.3, 0.4) is 0 Å². The van der Waals surface area contributed by atoms with Crippen LogP contribution in [-0.4, -0.2) is 132 Å². The molecule has 3 aliphatic heterocycles. The maximum Gasteiger partial charge on any atom is 0.138 e. The number of pyridine rings is 3. The second-order valence-corrected chi connectivity index (χ2v) is 15.2. The SMILES string of the molecule is C1=CN=CC1.C1=CN=NC1.C1=NC=NC1.CC.CC.CC.CC.CC.CC.CC.CC.CC.CC.CC.CC.CC.c1ccc2cnccc2c1.c1ccc2ncccc2c1.c1ccc2ncncc2c1.c1ccncc1.c1ccnnc1.c1cnccn1.c1cncnc1.c1cnncn1.c1cnnnc1.c1ncncn1. The third-order valence-corrected chi connectivity index (χ3v) is 9.11. The summed E-state index contributed by atoms with van der Waals surface area (Å²) in [7, 11) is 0. The quantitative estimate of drug-likeness (QED) is 0.136. The van der Waals surface area contributed by atoms with Gasteiger partial charge >= 0.3 is 0 Å². The molecule has 0 fully saturated rings. The molecule has 13 aromatic rings. The Morgan fingerprint density at radius 3 is 0.956 bits per heavy atom. The number of allylic oxidation sites excluding steroid dienone is 1. The van der Waals surface area contributed by atoms with E-state index in [1.54, 1.807) is 124 Å². The zero-order chi connectivity index (χ0) is 86.7. The van der Waals surface area contributed by atoms with Gasteiger partial charge < -0.3 is 0 Å². The Labute approximate surface area is 680 Å². The maximum absolute atomic E-state index is 4.18. The van der Waals surface area contributed by atoms with E-state index >= 15 is 0 Å². The van der Waals surface area contributed by atoms with Crippen LogP contribution in [0.1, 0.15) is 186 Å². The summed E-state index contributed by atoms with van der Waals surface area (Å²) < 4.78 is 0. The Morgan fingerprint density at radius 2 is 0.673 bits per heavy atom. The van der Waals surface area contributed by atoms with Gasteiger partial charge in [-0.15, -0.1) is 15.3 Å². The molecule has 0 unspecified atom stereocenters. The highest BCUT2D eigenvalue weighted by molar-refractivity contribution is 5.81. The number of aliphatic imine (C=N–C) groups is 3. The van der Waals surface area contributed by atoms with Gasteiger partial charge in [0.2, 0.25) is 0 Å². The highest BCUT2D eigenvalue weighted by Gasteiger charge is 1.89. The normalized spacial score (nSPS) is 8.65. The second-order valence-electron chi connectivity index (χ2n) is 15.2. The minimum Gasteiger partial charge on any atom is -0.269 e. The van der Waals surface area contributed by atoms with Gasteiger partial charge in [0.25, 0.3) is 0 Å². The van der Waals surface area contributed by atoms with E-state index in [0.717, 1.165) is 35.9 Å². The maximum atomic E-state index is 4.18. The molecule has 614 valence electrons. The van der Waals surface area contributed by atoms with Crippen molar-refractivity contribution in [3.05, 3.63) is 308 Å². The molecule has 0 amide bonds. The van der Waals surface area contributed by atoms with Gasteiger partial charge in [-0.3, -0.25) is 34.9 Å². The standard InChI is InChI=1S/2C9H7N.C8H6N2.C5H5N.3C4H4N2.C4H5N.3C3H3N3.2C3H4N2.13C2H6/c1-2-6-9-8(4-1)5-3-7-10-9;1-2-4-9-7-10-6-5-8(9)3-1;1-2-4-8-7(3-1)5-9-6-10-8;1-2-4-6-5-3-1;1-2-6-4-3-5-1;1-2-5-4-6-3-1;1-2-4-6-5-3-1;1-2-4-5-3-1;1-4-2-6-3-5-1;1-2-5-6-3-4-1;1-2-4-6-5-3-1;1-2-5-3-4-1;1-2-4-5-3-1;13*1-2/h2*1-7H;1-6H;1-5H;3*1-4H;1,3-4H,2H2;3*1-3H;1,3H,2H2;1-2H,3H2;13*1-2H3. The van der Waals surface area contributed by atoms with Crippen LogP contribution in [0.25, 0.3) is 32.6 Å². The second kappa shape index (κ2) is 129. The van der Waals surface area contributed by atoms with Crippen molar-refractivity contribution in [2.45, 2.75) is 186 Å². The molecule has 3 aliphatic rings. The molecule has 0 atom stereocenters. The summed E-state index contributed by atoms with van der Waals surface area (Å²) in [6.45, 7) is 53.6. The van der Waals surface area contributed by atoms with Crippen LogP contribution in [0, 0.1) is 0 Å². The fraction of sp³-hybridized carbons (Fsp3) is 0.330. The molecule has 0 N–H and O–H groups in total. The minimum atomic E-state index is 0.778. The number of benzene rings is 3. The van der Waals surface area contributed by atoms with Gasteiger partial charge in [-0.25, -0.2) is 44.9 Å². The molecule has 0 saturated heterocycles. The summed E-state index contributed by atoms with van der Waals surface area (Å²) in [5.41, 5.74) is 2.06. The van der Waals surface area contributed by atoms with Gasteiger partial charge in [-0.2, -0.15) is 25.5 Å². The monoisotopic (exact) mass is 1540 g/mol. The summed E-state index contributed by atoms with van der Waals surface area (Å²) in [6.07, 6.45) is 52.7. The van der Waals surface area contributed by atoms with Crippen LogP contribution in [0.4, 0.5) is 0 Å². The van der Waals surface area contributed by atoms with E-state index in [9.17, 15) is 0 Å². The van der Waals surface area contributed by atoms with Gasteiger partial charge in [0.15, 0.2) is 0 Å².